The summed E-state index contributed by atoms with van der Waals surface area (Å²) in [6.45, 7) is 0.288. The zero-order valence-electron chi connectivity index (χ0n) is 11.4. The fourth-order valence-electron chi connectivity index (χ4n) is 1.86. The lowest BCUT2D eigenvalue weighted by atomic mass is 10.2. The van der Waals surface area contributed by atoms with E-state index in [4.69, 9.17) is 0 Å². The van der Waals surface area contributed by atoms with Crippen molar-refractivity contribution in [3.8, 4) is 10.6 Å². The van der Waals surface area contributed by atoms with E-state index >= 15 is 0 Å². The Morgan fingerprint density at radius 2 is 2.09 bits per heavy atom. The van der Waals surface area contributed by atoms with Crippen molar-refractivity contribution in [1.29, 1.82) is 0 Å². The number of H-pyrrole nitrogens is 1. The molecule has 1 aromatic carbocycles. The maximum atomic E-state index is 11.9. The predicted octanol–water partition coefficient (Wildman–Crippen LogP) is 1.82. The fourth-order valence-corrected chi connectivity index (χ4v) is 2.68. The number of rotatable bonds is 4. The Hall–Kier alpha value is -2.80. The Bertz CT molecular complexity index is 842. The molecule has 0 saturated carbocycles. The minimum atomic E-state index is -0.402. The highest BCUT2D eigenvalue weighted by Gasteiger charge is 2.09. The molecule has 6 nitrogen and oxygen atoms in total. The van der Waals surface area contributed by atoms with Gasteiger partial charge in [-0.3, -0.25) is 9.59 Å². The molecule has 0 spiro atoms. The van der Waals surface area contributed by atoms with Gasteiger partial charge in [0.25, 0.3) is 11.5 Å². The topological polar surface area (TPSA) is 87.7 Å². The summed E-state index contributed by atoms with van der Waals surface area (Å²) >= 11 is 1.52. The number of aromatic nitrogens is 3. The Balaban J connectivity index is 1.66. The monoisotopic (exact) mass is 312 g/mol. The number of carbonyl (C=O) groups is 1. The highest BCUT2D eigenvalue weighted by atomic mass is 32.1. The molecule has 22 heavy (non-hydrogen) atoms. The second-order valence-corrected chi connectivity index (χ2v) is 5.35. The van der Waals surface area contributed by atoms with Crippen LogP contribution in [-0.2, 0) is 6.54 Å². The molecule has 0 aliphatic carbocycles. The fraction of sp³-hybridized carbons (Fsp3) is 0.0667. The summed E-state index contributed by atoms with van der Waals surface area (Å²) in [6, 6.07) is 11.0. The minimum Gasteiger partial charge on any atom is -0.345 e. The average molecular weight is 312 g/mol. The van der Waals surface area contributed by atoms with E-state index in [-0.39, 0.29) is 17.8 Å². The number of amides is 1. The molecule has 0 saturated heterocycles. The van der Waals surface area contributed by atoms with Crippen LogP contribution in [0.25, 0.3) is 10.6 Å². The van der Waals surface area contributed by atoms with Gasteiger partial charge in [-0.15, -0.1) is 11.3 Å². The lowest BCUT2D eigenvalue weighted by Gasteiger charge is -2.01. The molecule has 110 valence electrons. The summed E-state index contributed by atoms with van der Waals surface area (Å²) in [7, 11) is 0. The van der Waals surface area contributed by atoms with E-state index in [1.54, 1.807) is 0 Å². The molecule has 0 radical (unpaired) electrons. The van der Waals surface area contributed by atoms with Gasteiger partial charge >= 0.3 is 0 Å². The van der Waals surface area contributed by atoms with E-state index in [9.17, 15) is 9.59 Å². The van der Waals surface area contributed by atoms with Crippen LogP contribution in [0.3, 0.4) is 0 Å². The van der Waals surface area contributed by atoms with E-state index in [2.05, 4.69) is 20.3 Å². The molecule has 2 heterocycles. The standard InChI is InChI=1S/C15H12N4O2S/c20-13-6-12(17-9-18-13)14(21)16-7-11-8-22-15(19-11)10-4-2-1-3-5-10/h1-6,8-9H,7H2,(H,16,21)(H,17,18,20). The van der Waals surface area contributed by atoms with E-state index in [1.807, 2.05) is 35.7 Å². The van der Waals surface area contributed by atoms with Gasteiger partial charge in [-0.25, -0.2) is 9.97 Å². The quantitative estimate of drug-likeness (QED) is 0.769. The number of hydrogen-bond acceptors (Lipinski definition) is 5. The Morgan fingerprint density at radius 1 is 1.27 bits per heavy atom. The molecule has 0 bridgehead atoms. The van der Waals surface area contributed by atoms with Crippen molar-refractivity contribution in [3.63, 3.8) is 0 Å². The van der Waals surface area contributed by atoms with Crippen molar-refractivity contribution in [1.82, 2.24) is 20.3 Å². The number of benzene rings is 1. The van der Waals surface area contributed by atoms with E-state index in [1.165, 1.54) is 17.7 Å². The smallest absolute Gasteiger partial charge is 0.270 e. The summed E-state index contributed by atoms with van der Waals surface area (Å²) in [4.78, 5) is 33.7. The maximum Gasteiger partial charge on any atom is 0.270 e. The first-order chi connectivity index (χ1) is 10.7. The molecule has 2 aromatic heterocycles. The van der Waals surface area contributed by atoms with Crippen molar-refractivity contribution < 1.29 is 4.79 Å². The molecule has 0 fully saturated rings. The van der Waals surface area contributed by atoms with Gasteiger partial charge in [0.1, 0.15) is 10.7 Å². The maximum absolute atomic E-state index is 11.9. The number of nitrogens with one attached hydrogen (secondary N) is 2. The van der Waals surface area contributed by atoms with E-state index in [0.29, 0.717) is 0 Å². The molecule has 1 amide bonds. The van der Waals surface area contributed by atoms with Gasteiger partial charge in [0.15, 0.2) is 0 Å². The lowest BCUT2D eigenvalue weighted by Crippen LogP contribution is -2.25. The van der Waals surface area contributed by atoms with Crippen molar-refractivity contribution in [3.05, 3.63) is 69.8 Å². The number of hydrogen-bond donors (Lipinski definition) is 2. The van der Waals surface area contributed by atoms with Gasteiger partial charge in [0.05, 0.1) is 18.6 Å². The van der Waals surface area contributed by atoms with Gasteiger partial charge < -0.3 is 10.3 Å². The van der Waals surface area contributed by atoms with Crippen LogP contribution >= 0.6 is 11.3 Å². The van der Waals surface area contributed by atoms with Crippen LogP contribution < -0.4 is 10.9 Å². The van der Waals surface area contributed by atoms with E-state index < -0.39 is 5.91 Å². The van der Waals surface area contributed by atoms with Crippen LogP contribution in [-0.4, -0.2) is 20.9 Å². The molecule has 7 heteroatoms. The van der Waals surface area contributed by atoms with E-state index in [0.717, 1.165) is 22.3 Å². The van der Waals surface area contributed by atoms with Gasteiger partial charge in [-0.1, -0.05) is 30.3 Å². The van der Waals surface area contributed by atoms with Gasteiger partial charge in [0, 0.05) is 17.0 Å². The lowest BCUT2D eigenvalue weighted by molar-refractivity contribution is 0.0945. The van der Waals surface area contributed by atoms with Gasteiger partial charge in [-0.05, 0) is 0 Å². The van der Waals surface area contributed by atoms with Crippen LogP contribution in [0.4, 0.5) is 0 Å². The van der Waals surface area contributed by atoms with Crippen molar-refractivity contribution in [2.45, 2.75) is 6.54 Å². The number of aromatic amines is 1. The average Bonchev–Trinajstić information content (AvgIpc) is 3.02. The molecule has 0 unspecified atom stereocenters. The molecular formula is C15H12N4O2S. The third-order valence-electron chi connectivity index (χ3n) is 2.91. The van der Waals surface area contributed by atoms with Crippen molar-refractivity contribution in [2.24, 2.45) is 0 Å². The molecule has 3 rings (SSSR count). The molecule has 0 atom stereocenters. The zero-order chi connectivity index (χ0) is 15.4. The molecular weight excluding hydrogens is 300 g/mol. The Labute approximate surface area is 129 Å². The first-order valence-electron chi connectivity index (χ1n) is 6.55. The van der Waals surface area contributed by atoms with Crippen LogP contribution in [0.1, 0.15) is 16.2 Å². The Morgan fingerprint density at radius 3 is 2.86 bits per heavy atom. The number of nitrogens with zero attached hydrogens (tertiary/aromatic N) is 2. The van der Waals surface area contributed by atoms with Crippen molar-refractivity contribution in [2.75, 3.05) is 0 Å². The normalized spacial score (nSPS) is 10.4. The second-order valence-electron chi connectivity index (χ2n) is 4.49. The van der Waals surface area contributed by atoms with Gasteiger partial charge in [0.2, 0.25) is 0 Å². The van der Waals surface area contributed by atoms with Crippen LogP contribution in [0, 0.1) is 0 Å². The third-order valence-corrected chi connectivity index (χ3v) is 3.85. The predicted molar refractivity (Wildman–Crippen MR) is 83.6 cm³/mol. The molecule has 0 aliphatic heterocycles. The van der Waals surface area contributed by atoms with Crippen LogP contribution in [0.5, 0.6) is 0 Å². The van der Waals surface area contributed by atoms with Gasteiger partial charge in [-0.2, -0.15) is 0 Å². The van der Waals surface area contributed by atoms with Crippen LogP contribution in [0.15, 0.2) is 52.9 Å². The summed E-state index contributed by atoms with van der Waals surface area (Å²) in [5, 5.41) is 5.50. The van der Waals surface area contributed by atoms with Crippen LogP contribution in [0.2, 0.25) is 0 Å². The zero-order valence-corrected chi connectivity index (χ0v) is 12.3. The SMILES string of the molecule is O=C(NCc1csc(-c2ccccc2)n1)c1cc(=O)[nH]cn1. The minimum absolute atomic E-state index is 0.0854. The summed E-state index contributed by atoms with van der Waals surface area (Å²) in [5.41, 5.74) is 1.53. The van der Waals surface area contributed by atoms with Crippen molar-refractivity contribution >= 4 is 17.2 Å². The largest absolute Gasteiger partial charge is 0.345 e. The Kier molecular flexibility index (Phi) is 4.06. The summed E-state index contributed by atoms with van der Waals surface area (Å²) in [5.74, 6) is -0.402. The molecule has 2 N–H and O–H groups in total. The summed E-state index contributed by atoms with van der Waals surface area (Å²) < 4.78 is 0. The highest BCUT2D eigenvalue weighted by molar-refractivity contribution is 7.13. The summed E-state index contributed by atoms with van der Waals surface area (Å²) in [6.07, 6.45) is 1.20. The second kappa shape index (κ2) is 6.31. The molecule has 3 aromatic rings. The first kappa shape index (κ1) is 14.2. The highest BCUT2D eigenvalue weighted by Crippen LogP contribution is 2.23. The molecule has 0 aliphatic rings. The number of carbonyl (C=O) groups excluding carboxylic acids is 1. The number of thiazole rings is 1. The first-order valence-corrected chi connectivity index (χ1v) is 7.43. The third kappa shape index (κ3) is 3.26.